The van der Waals surface area contributed by atoms with Crippen molar-refractivity contribution in [2.24, 2.45) is 10.2 Å². The molecule has 0 spiro atoms. The summed E-state index contributed by atoms with van der Waals surface area (Å²) in [5.41, 5.74) is 0.672. The lowest BCUT2D eigenvalue weighted by Crippen LogP contribution is -2.31. The van der Waals surface area contributed by atoms with Crippen molar-refractivity contribution in [1.29, 1.82) is 0 Å². The van der Waals surface area contributed by atoms with Gasteiger partial charge in [0.05, 0.1) is 31.5 Å². The van der Waals surface area contributed by atoms with E-state index in [0.717, 1.165) is 0 Å². The zero-order valence-electron chi connectivity index (χ0n) is 20.0. The van der Waals surface area contributed by atoms with E-state index < -0.39 is 17.7 Å². The van der Waals surface area contributed by atoms with Gasteiger partial charge in [0.15, 0.2) is 28.8 Å². The van der Waals surface area contributed by atoms with Crippen molar-refractivity contribution in [2.45, 2.75) is 40.7 Å². The molecule has 0 fully saturated rings. The number of benzene rings is 2. The van der Waals surface area contributed by atoms with Gasteiger partial charge < -0.3 is 24.3 Å². The molecule has 2 rings (SSSR count). The van der Waals surface area contributed by atoms with Crippen LogP contribution in [0.3, 0.4) is 0 Å². The van der Waals surface area contributed by atoms with Gasteiger partial charge in [0.1, 0.15) is 5.69 Å². The molecule has 1 unspecified atom stereocenters. The first-order valence-corrected chi connectivity index (χ1v) is 11.4. The third-order valence-corrected chi connectivity index (χ3v) is 4.61. The third-order valence-electron chi connectivity index (χ3n) is 4.33. The van der Waals surface area contributed by atoms with Crippen LogP contribution < -0.4 is 24.3 Å². The fourth-order valence-electron chi connectivity index (χ4n) is 2.98. The first-order valence-electron chi connectivity index (χ1n) is 11.1. The lowest BCUT2D eigenvalue weighted by atomic mass is 10.2. The molecule has 0 aliphatic heterocycles. The number of carbonyl (C=O) groups is 2. The highest BCUT2D eigenvalue weighted by atomic mass is 35.5. The molecule has 1 amide bonds. The zero-order valence-corrected chi connectivity index (χ0v) is 20.8. The minimum atomic E-state index is -1.38. The highest BCUT2D eigenvalue weighted by Crippen LogP contribution is 2.39. The van der Waals surface area contributed by atoms with Crippen LogP contribution in [0.5, 0.6) is 23.0 Å². The molecule has 1 N–H and O–H groups in total. The maximum absolute atomic E-state index is 12.9. The summed E-state index contributed by atoms with van der Waals surface area (Å²) < 4.78 is 22.3. The number of anilines is 1. The Morgan fingerprint density at radius 3 is 2.15 bits per heavy atom. The van der Waals surface area contributed by atoms with Crippen LogP contribution >= 0.6 is 11.6 Å². The standard InChI is InChI=1S/C24H30ClN3O6/c1-6-31-19-12-10-11-18(23(19)34-9-4)27-28-21(15(5)29)24(30)26-16-13-17(25)22(33-8-3)20(14-16)32-7-2/h10-14,21H,6-9H2,1-5H3,(H,26,30). The Kier molecular flexibility index (Phi) is 10.6. The number of rotatable bonds is 13. The number of halogens is 1. The monoisotopic (exact) mass is 491 g/mol. The summed E-state index contributed by atoms with van der Waals surface area (Å²) in [4.78, 5) is 25.1. The van der Waals surface area contributed by atoms with Crippen molar-refractivity contribution in [3.8, 4) is 23.0 Å². The third kappa shape index (κ3) is 7.08. The predicted molar refractivity (Wildman–Crippen MR) is 130 cm³/mol. The first-order chi connectivity index (χ1) is 16.4. The van der Waals surface area contributed by atoms with Crippen LogP contribution in [0.25, 0.3) is 0 Å². The van der Waals surface area contributed by atoms with Crippen molar-refractivity contribution in [1.82, 2.24) is 0 Å². The second kappa shape index (κ2) is 13.4. The van der Waals surface area contributed by atoms with Crippen LogP contribution in [-0.2, 0) is 9.59 Å². The molecule has 10 heteroatoms. The predicted octanol–water partition coefficient (Wildman–Crippen LogP) is 5.61. The molecule has 0 aliphatic carbocycles. The van der Waals surface area contributed by atoms with Gasteiger partial charge in [0.2, 0.25) is 6.04 Å². The highest BCUT2D eigenvalue weighted by Gasteiger charge is 2.25. The lowest BCUT2D eigenvalue weighted by Gasteiger charge is -2.16. The number of hydrogen-bond acceptors (Lipinski definition) is 8. The van der Waals surface area contributed by atoms with Crippen molar-refractivity contribution in [3.63, 3.8) is 0 Å². The fraction of sp³-hybridized carbons (Fsp3) is 0.417. The van der Waals surface area contributed by atoms with Gasteiger partial charge in [-0.15, -0.1) is 0 Å². The number of para-hydroxylation sites is 1. The second-order valence-corrected chi connectivity index (χ2v) is 7.25. The quantitative estimate of drug-likeness (QED) is 0.288. The van der Waals surface area contributed by atoms with Crippen LogP contribution in [0.2, 0.25) is 5.02 Å². The Morgan fingerprint density at radius 1 is 0.912 bits per heavy atom. The maximum atomic E-state index is 12.9. The normalized spacial score (nSPS) is 11.7. The maximum Gasteiger partial charge on any atom is 0.258 e. The van der Waals surface area contributed by atoms with Crippen LogP contribution in [0.4, 0.5) is 11.4 Å². The van der Waals surface area contributed by atoms with E-state index in [4.69, 9.17) is 30.5 Å². The largest absolute Gasteiger partial charge is 0.490 e. The van der Waals surface area contributed by atoms with Gasteiger partial charge in [-0.25, -0.2) is 0 Å². The molecule has 2 aromatic rings. The molecule has 34 heavy (non-hydrogen) atoms. The topological polar surface area (TPSA) is 108 Å². The molecular weight excluding hydrogens is 462 g/mol. The van der Waals surface area contributed by atoms with E-state index in [9.17, 15) is 9.59 Å². The van der Waals surface area contributed by atoms with Gasteiger partial charge in [0, 0.05) is 11.8 Å². The number of hydrogen-bond donors (Lipinski definition) is 1. The number of carbonyl (C=O) groups excluding carboxylic acids is 2. The molecular formula is C24H30ClN3O6. The minimum Gasteiger partial charge on any atom is -0.490 e. The van der Waals surface area contributed by atoms with Crippen LogP contribution in [0, 0.1) is 0 Å². The molecule has 0 aliphatic rings. The number of nitrogens with one attached hydrogen (secondary N) is 1. The first kappa shape index (κ1) is 26.9. The van der Waals surface area contributed by atoms with Crippen molar-refractivity contribution in [3.05, 3.63) is 35.4 Å². The van der Waals surface area contributed by atoms with Gasteiger partial charge in [-0.2, -0.15) is 10.2 Å². The van der Waals surface area contributed by atoms with Crippen LogP contribution in [-0.4, -0.2) is 44.2 Å². The van der Waals surface area contributed by atoms with Crippen LogP contribution in [0.1, 0.15) is 34.6 Å². The van der Waals surface area contributed by atoms with Crippen molar-refractivity contribution in [2.75, 3.05) is 31.7 Å². The summed E-state index contributed by atoms with van der Waals surface area (Å²) >= 11 is 6.31. The highest BCUT2D eigenvalue weighted by molar-refractivity contribution is 6.32. The minimum absolute atomic E-state index is 0.262. The van der Waals surface area contributed by atoms with Gasteiger partial charge in [-0.05, 0) is 52.8 Å². The zero-order chi connectivity index (χ0) is 25.1. The van der Waals surface area contributed by atoms with E-state index in [1.807, 2.05) is 27.7 Å². The van der Waals surface area contributed by atoms with Gasteiger partial charge in [-0.1, -0.05) is 17.7 Å². The molecule has 0 bridgehead atoms. The second-order valence-electron chi connectivity index (χ2n) is 6.84. The Morgan fingerprint density at radius 2 is 1.53 bits per heavy atom. The Bertz CT molecular complexity index is 1030. The number of azo groups is 1. The van der Waals surface area contributed by atoms with Gasteiger partial charge in [0.25, 0.3) is 5.91 Å². The molecule has 0 aromatic heterocycles. The van der Waals surface area contributed by atoms with E-state index in [-0.39, 0.29) is 5.02 Å². The molecule has 0 saturated heterocycles. The van der Waals surface area contributed by atoms with Gasteiger partial charge in [-0.3, -0.25) is 9.59 Å². The molecule has 1 atom stereocenters. The average Bonchev–Trinajstić information content (AvgIpc) is 2.78. The SMILES string of the molecule is CCOc1cc(NC(=O)C(N=Nc2cccc(OCC)c2OCC)C(C)=O)cc(Cl)c1OCC. The van der Waals surface area contributed by atoms with E-state index in [1.165, 1.54) is 13.0 Å². The van der Waals surface area contributed by atoms with E-state index >= 15 is 0 Å². The summed E-state index contributed by atoms with van der Waals surface area (Å²) in [6.07, 6.45) is 0. The average molecular weight is 492 g/mol. The van der Waals surface area contributed by atoms with E-state index in [0.29, 0.717) is 60.8 Å². The van der Waals surface area contributed by atoms with Crippen molar-refractivity contribution < 1.29 is 28.5 Å². The summed E-state index contributed by atoms with van der Waals surface area (Å²) in [6, 6.07) is 6.83. The molecule has 0 radical (unpaired) electrons. The molecule has 9 nitrogen and oxygen atoms in total. The number of ether oxygens (including phenoxy) is 4. The number of ketones is 1. The van der Waals surface area contributed by atoms with E-state index in [1.54, 1.807) is 24.3 Å². The number of Topliss-reactive ketones (excluding diaryl/α,β-unsaturated/α-hetero) is 1. The summed E-state index contributed by atoms with van der Waals surface area (Å²) in [5.74, 6) is 0.488. The summed E-state index contributed by atoms with van der Waals surface area (Å²) in [7, 11) is 0. The smallest absolute Gasteiger partial charge is 0.258 e. The molecule has 0 saturated carbocycles. The summed E-state index contributed by atoms with van der Waals surface area (Å²) in [6.45, 7) is 10.2. The fourth-order valence-corrected chi connectivity index (χ4v) is 3.24. The number of amides is 1. The molecule has 0 heterocycles. The van der Waals surface area contributed by atoms with Gasteiger partial charge >= 0.3 is 0 Å². The molecule has 184 valence electrons. The number of nitrogens with zero attached hydrogens (tertiary/aromatic N) is 2. The lowest BCUT2D eigenvalue weighted by molar-refractivity contribution is -0.126. The Hall–Kier alpha value is -3.33. The Labute approximate surface area is 204 Å². The van der Waals surface area contributed by atoms with E-state index in [2.05, 4.69) is 15.5 Å². The molecule has 2 aromatic carbocycles. The van der Waals surface area contributed by atoms with Crippen LogP contribution in [0.15, 0.2) is 40.6 Å². The Balaban J connectivity index is 2.32. The van der Waals surface area contributed by atoms with Crippen molar-refractivity contribution >= 4 is 34.7 Å². The summed E-state index contributed by atoms with van der Waals surface area (Å²) in [5, 5.41) is 11.0.